The number of phenolic OH excluding ortho intramolecular Hbond substituents is 1. The van der Waals surface area contributed by atoms with Crippen LogP contribution in [0.2, 0.25) is 0 Å². The number of rotatable bonds is 2. The summed E-state index contributed by atoms with van der Waals surface area (Å²) in [5, 5.41) is 22.6. The van der Waals surface area contributed by atoms with Crippen molar-refractivity contribution >= 4 is 0 Å². The molecule has 1 atom stereocenters. The minimum atomic E-state index is 0.0495. The first-order chi connectivity index (χ1) is 8.27. The molecule has 1 aromatic rings. The maximum Gasteiger partial charge on any atom is 0.163 e. The molecule has 2 rings (SSSR count). The molecule has 0 bridgehead atoms. The smallest absolute Gasteiger partial charge is 0.163 e. The van der Waals surface area contributed by atoms with Gasteiger partial charge in [-0.25, -0.2) is 0 Å². The molecule has 1 aliphatic heterocycles. The average molecular weight is 232 g/mol. The Balaban J connectivity index is 2.45. The predicted octanol–water partition coefficient (Wildman–Crippen LogP) is 2.09. The van der Waals surface area contributed by atoms with E-state index in [0.717, 1.165) is 25.8 Å². The van der Waals surface area contributed by atoms with Crippen molar-refractivity contribution in [2.45, 2.75) is 25.3 Å². The highest BCUT2D eigenvalue weighted by molar-refractivity contribution is 5.55. The number of nitrogens with zero attached hydrogens (tertiary/aromatic N) is 1. The van der Waals surface area contributed by atoms with Gasteiger partial charge in [0.05, 0.1) is 18.7 Å². The molecular formula is C13H16N2O2. The molecule has 1 aliphatic rings. The number of hydrogen-bond acceptors (Lipinski definition) is 4. The standard InChI is InChI=1S/C13H16N2O2/c1-17-11-6-5-9(8-14)12(13(11)16)10-4-2-3-7-15-10/h5-6,10,15-16H,2-4,7H2,1H3/t10-/m1/s1. The van der Waals surface area contributed by atoms with Gasteiger partial charge in [0.25, 0.3) is 0 Å². The summed E-state index contributed by atoms with van der Waals surface area (Å²) >= 11 is 0. The number of nitriles is 1. The van der Waals surface area contributed by atoms with Crippen LogP contribution < -0.4 is 10.1 Å². The first-order valence-corrected chi connectivity index (χ1v) is 5.81. The third-order valence-corrected chi connectivity index (χ3v) is 3.18. The highest BCUT2D eigenvalue weighted by atomic mass is 16.5. The highest BCUT2D eigenvalue weighted by Crippen LogP contribution is 2.38. The van der Waals surface area contributed by atoms with Crippen LogP contribution in [-0.2, 0) is 0 Å². The SMILES string of the molecule is COc1ccc(C#N)c([C@H]2CCCCN2)c1O. The second kappa shape index (κ2) is 5.07. The minimum absolute atomic E-state index is 0.0495. The summed E-state index contributed by atoms with van der Waals surface area (Å²) in [6.07, 6.45) is 3.19. The first-order valence-electron chi connectivity index (χ1n) is 5.81. The van der Waals surface area contributed by atoms with Crippen LogP contribution in [0.4, 0.5) is 0 Å². The minimum Gasteiger partial charge on any atom is -0.504 e. The second-order valence-electron chi connectivity index (χ2n) is 4.19. The Bertz CT molecular complexity index is 445. The number of aromatic hydroxyl groups is 1. The lowest BCUT2D eigenvalue weighted by Gasteiger charge is -2.25. The molecule has 0 unspecified atom stereocenters. The zero-order valence-corrected chi connectivity index (χ0v) is 9.86. The lowest BCUT2D eigenvalue weighted by molar-refractivity contribution is 0.354. The van der Waals surface area contributed by atoms with E-state index in [2.05, 4.69) is 11.4 Å². The van der Waals surface area contributed by atoms with Gasteiger partial charge in [-0.1, -0.05) is 6.42 Å². The van der Waals surface area contributed by atoms with Crippen molar-refractivity contribution in [1.82, 2.24) is 5.32 Å². The van der Waals surface area contributed by atoms with E-state index in [0.29, 0.717) is 16.9 Å². The van der Waals surface area contributed by atoms with Crippen molar-refractivity contribution in [3.05, 3.63) is 23.3 Å². The fraction of sp³-hybridized carbons (Fsp3) is 0.462. The van der Waals surface area contributed by atoms with Gasteiger partial charge < -0.3 is 15.2 Å². The zero-order valence-electron chi connectivity index (χ0n) is 9.86. The summed E-state index contributed by atoms with van der Waals surface area (Å²) in [5.74, 6) is 0.511. The van der Waals surface area contributed by atoms with E-state index >= 15 is 0 Å². The number of benzene rings is 1. The first kappa shape index (κ1) is 11.7. The van der Waals surface area contributed by atoms with Crippen molar-refractivity contribution in [2.75, 3.05) is 13.7 Å². The van der Waals surface area contributed by atoms with Crippen LogP contribution in [0, 0.1) is 11.3 Å². The molecule has 2 N–H and O–H groups in total. The van der Waals surface area contributed by atoms with Gasteiger partial charge in [0.15, 0.2) is 11.5 Å². The third kappa shape index (κ3) is 2.20. The molecule has 0 aromatic heterocycles. The molecule has 0 amide bonds. The van der Waals surface area contributed by atoms with Crippen LogP contribution in [-0.4, -0.2) is 18.8 Å². The molecule has 0 radical (unpaired) electrons. The van der Waals surface area contributed by atoms with Gasteiger partial charge in [-0.05, 0) is 31.5 Å². The zero-order chi connectivity index (χ0) is 12.3. The van der Waals surface area contributed by atoms with Crippen LogP contribution >= 0.6 is 0 Å². The van der Waals surface area contributed by atoms with E-state index in [1.165, 1.54) is 7.11 Å². The fourth-order valence-electron chi connectivity index (χ4n) is 2.30. The normalized spacial score (nSPS) is 19.6. The molecule has 90 valence electrons. The summed E-state index contributed by atoms with van der Waals surface area (Å²) < 4.78 is 5.09. The molecule has 0 saturated carbocycles. The van der Waals surface area contributed by atoms with Crippen molar-refractivity contribution in [2.24, 2.45) is 0 Å². The van der Waals surface area contributed by atoms with E-state index < -0.39 is 0 Å². The number of nitrogens with one attached hydrogen (secondary N) is 1. The van der Waals surface area contributed by atoms with E-state index in [9.17, 15) is 5.11 Å². The van der Waals surface area contributed by atoms with Crippen LogP contribution in [0.25, 0.3) is 0 Å². The Morgan fingerprint density at radius 1 is 1.47 bits per heavy atom. The van der Waals surface area contributed by atoms with Gasteiger partial charge in [-0.15, -0.1) is 0 Å². The highest BCUT2D eigenvalue weighted by Gasteiger charge is 2.23. The van der Waals surface area contributed by atoms with Gasteiger partial charge in [-0.2, -0.15) is 5.26 Å². The van der Waals surface area contributed by atoms with Crippen LogP contribution in [0.5, 0.6) is 11.5 Å². The monoisotopic (exact) mass is 232 g/mol. The van der Waals surface area contributed by atoms with Gasteiger partial charge in [0.1, 0.15) is 0 Å². The van der Waals surface area contributed by atoms with Crippen molar-refractivity contribution in [3.8, 4) is 17.6 Å². The number of ether oxygens (including phenoxy) is 1. The van der Waals surface area contributed by atoms with Crippen LogP contribution in [0.15, 0.2) is 12.1 Å². The summed E-state index contributed by atoms with van der Waals surface area (Å²) in [4.78, 5) is 0. The average Bonchev–Trinajstić information content (AvgIpc) is 2.39. The van der Waals surface area contributed by atoms with Gasteiger partial charge in [0, 0.05) is 11.6 Å². The number of methoxy groups -OCH3 is 1. The van der Waals surface area contributed by atoms with E-state index in [1.807, 2.05) is 0 Å². The van der Waals surface area contributed by atoms with Crippen LogP contribution in [0.1, 0.15) is 36.4 Å². The maximum absolute atomic E-state index is 10.1. The van der Waals surface area contributed by atoms with E-state index in [1.54, 1.807) is 12.1 Å². The number of phenols is 1. The molecule has 4 heteroatoms. The van der Waals surface area contributed by atoms with Crippen molar-refractivity contribution in [3.63, 3.8) is 0 Å². The number of hydrogen-bond donors (Lipinski definition) is 2. The largest absolute Gasteiger partial charge is 0.504 e. The summed E-state index contributed by atoms with van der Waals surface area (Å²) in [6, 6.07) is 5.50. The summed E-state index contributed by atoms with van der Waals surface area (Å²) in [7, 11) is 1.51. The predicted molar refractivity (Wildman–Crippen MR) is 64.0 cm³/mol. The molecule has 4 nitrogen and oxygen atoms in total. The van der Waals surface area contributed by atoms with E-state index in [-0.39, 0.29) is 11.8 Å². The van der Waals surface area contributed by atoms with Gasteiger partial charge >= 0.3 is 0 Å². The van der Waals surface area contributed by atoms with Gasteiger partial charge in [-0.3, -0.25) is 0 Å². The molecule has 1 aromatic carbocycles. The molecule has 0 aliphatic carbocycles. The third-order valence-electron chi connectivity index (χ3n) is 3.18. The van der Waals surface area contributed by atoms with Crippen molar-refractivity contribution in [1.29, 1.82) is 5.26 Å². The van der Waals surface area contributed by atoms with E-state index in [4.69, 9.17) is 10.00 Å². The fourth-order valence-corrected chi connectivity index (χ4v) is 2.30. The molecule has 1 saturated heterocycles. The molecule has 17 heavy (non-hydrogen) atoms. The Morgan fingerprint density at radius 2 is 2.29 bits per heavy atom. The lowest BCUT2D eigenvalue weighted by Crippen LogP contribution is -2.27. The Morgan fingerprint density at radius 3 is 2.88 bits per heavy atom. The quantitative estimate of drug-likeness (QED) is 0.819. The Hall–Kier alpha value is -1.73. The lowest BCUT2D eigenvalue weighted by atomic mass is 9.93. The van der Waals surface area contributed by atoms with Gasteiger partial charge in [0.2, 0.25) is 0 Å². The second-order valence-corrected chi connectivity index (χ2v) is 4.19. The number of piperidine rings is 1. The maximum atomic E-state index is 10.1. The molecule has 1 heterocycles. The Kier molecular flexibility index (Phi) is 3.50. The van der Waals surface area contributed by atoms with Crippen molar-refractivity contribution < 1.29 is 9.84 Å². The molecular weight excluding hydrogens is 216 g/mol. The topological polar surface area (TPSA) is 65.3 Å². The summed E-state index contributed by atoms with van der Waals surface area (Å²) in [5.41, 5.74) is 1.19. The molecule has 1 fully saturated rings. The molecule has 0 spiro atoms. The summed E-state index contributed by atoms with van der Waals surface area (Å²) in [6.45, 7) is 0.923. The Labute approximate surface area is 101 Å². The van der Waals surface area contributed by atoms with Crippen LogP contribution in [0.3, 0.4) is 0 Å².